The number of hydrogen-bond donors (Lipinski definition) is 1. The molecule has 1 heterocycles. The van der Waals surface area contributed by atoms with E-state index in [1.54, 1.807) is 48.5 Å². The molecule has 1 amide bonds. The van der Waals surface area contributed by atoms with Crippen molar-refractivity contribution in [3.63, 3.8) is 0 Å². The van der Waals surface area contributed by atoms with E-state index in [0.29, 0.717) is 40.9 Å². The molecule has 0 aliphatic heterocycles. The maximum absolute atomic E-state index is 14.3. The molecule has 35 heavy (non-hydrogen) atoms. The molecule has 3 aromatic carbocycles. The normalized spacial score (nSPS) is 11.0. The van der Waals surface area contributed by atoms with E-state index in [0.717, 1.165) is 5.56 Å². The largest absolute Gasteiger partial charge is 0.352 e. The van der Waals surface area contributed by atoms with Crippen molar-refractivity contribution in [2.75, 3.05) is 0 Å². The zero-order valence-electron chi connectivity index (χ0n) is 19.0. The lowest BCUT2D eigenvalue weighted by molar-refractivity contribution is -0.121. The Bertz CT molecular complexity index is 1480. The summed E-state index contributed by atoms with van der Waals surface area (Å²) in [6.45, 7) is 0.512. The van der Waals surface area contributed by atoms with Crippen molar-refractivity contribution in [1.29, 1.82) is 0 Å². The van der Waals surface area contributed by atoms with Gasteiger partial charge in [0.2, 0.25) is 5.91 Å². The Kier molecular flexibility index (Phi) is 7.77. The van der Waals surface area contributed by atoms with Crippen LogP contribution in [0.1, 0.15) is 30.4 Å². The van der Waals surface area contributed by atoms with Gasteiger partial charge in [-0.3, -0.25) is 18.7 Å². The number of halogens is 2. The van der Waals surface area contributed by atoms with E-state index in [4.69, 9.17) is 11.6 Å². The van der Waals surface area contributed by atoms with Gasteiger partial charge in [0.15, 0.2) is 0 Å². The highest BCUT2D eigenvalue weighted by Crippen LogP contribution is 2.15. The zero-order valence-corrected chi connectivity index (χ0v) is 19.8. The summed E-state index contributed by atoms with van der Waals surface area (Å²) in [6, 6.07) is 20.4. The van der Waals surface area contributed by atoms with Crippen LogP contribution in [0.2, 0.25) is 5.02 Å². The molecule has 0 bridgehead atoms. The van der Waals surface area contributed by atoms with Crippen molar-refractivity contribution >= 4 is 28.4 Å². The predicted molar refractivity (Wildman–Crippen MR) is 135 cm³/mol. The van der Waals surface area contributed by atoms with E-state index in [1.165, 1.54) is 15.2 Å². The Hall–Kier alpha value is -3.71. The van der Waals surface area contributed by atoms with Crippen LogP contribution in [0.15, 0.2) is 82.4 Å². The van der Waals surface area contributed by atoms with Gasteiger partial charge in [0.1, 0.15) is 5.82 Å². The highest BCUT2D eigenvalue weighted by molar-refractivity contribution is 6.31. The number of amides is 1. The molecule has 4 aromatic rings. The maximum atomic E-state index is 14.3. The Morgan fingerprint density at radius 3 is 2.31 bits per heavy atom. The first-order valence-corrected chi connectivity index (χ1v) is 11.8. The van der Waals surface area contributed by atoms with E-state index in [9.17, 15) is 18.8 Å². The van der Waals surface area contributed by atoms with Crippen molar-refractivity contribution in [3.8, 4) is 0 Å². The van der Waals surface area contributed by atoms with Crippen molar-refractivity contribution in [3.05, 3.63) is 116 Å². The molecule has 1 N–H and O–H groups in total. The first-order valence-electron chi connectivity index (χ1n) is 11.4. The van der Waals surface area contributed by atoms with Gasteiger partial charge in [-0.2, -0.15) is 0 Å². The van der Waals surface area contributed by atoms with Crippen molar-refractivity contribution < 1.29 is 9.18 Å². The summed E-state index contributed by atoms with van der Waals surface area (Å²) in [4.78, 5) is 38.5. The van der Waals surface area contributed by atoms with Gasteiger partial charge in [0.25, 0.3) is 5.56 Å². The lowest BCUT2D eigenvalue weighted by Gasteiger charge is -2.14. The Morgan fingerprint density at radius 2 is 1.54 bits per heavy atom. The van der Waals surface area contributed by atoms with E-state index in [1.807, 2.05) is 18.2 Å². The first-order chi connectivity index (χ1) is 17.0. The summed E-state index contributed by atoms with van der Waals surface area (Å²) < 4.78 is 16.9. The molecular weight excluding hydrogens is 469 g/mol. The smallest absolute Gasteiger partial charge is 0.331 e. The number of rotatable bonds is 9. The molecule has 0 fully saturated rings. The number of unbranched alkanes of at least 4 members (excludes halogenated alkanes) is 1. The third kappa shape index (κ3) is 5.69. The van der Waals surface area contributed by atoms with E-state index in [-0.39, 0.29) is 25.4 Å². The van der Waals surface area contributed by atoms with Gasteiger partial charge in [0, 0.05) is 30.1 Å². The zero-order chi connectivity index (χ0) is 24.8. The van der Waals surface area contributed by atoms with Crippen LogP contribution < -0.4 is 16.6 Å². The molecular formula is C27H25ClFN3O3. The van der Waals surface area contributed by atoms with Crippen LogP contribution >= 0.6 is 11.6 Å². The summed E-state index contributed by atoms with van der Waals surface area (Å²) in [5, 5.41) is 3.82. The number of fused-ring (bicyclic) bond motifs is 1. The summed E-state index contributed by atoms with van der Waals surface area (Å²) in [6.07, 6.45) is 1.23. The van der Waals surface area contributed by atoms with E-state index in [2.05, 4.69) is 5.32 Å². The SMILES string of the molecule is O=C(CCCCn1c(=O)c2ccccc2n(Cc2ccccc2F)c1=O)NCc1ccccc1Cl. The summed E-state index contributed by atoms with van der Waals surface area (Å²) in [5.74, 6) is -0.545. The molecule has 0 saturated carbocycles. The molecule has 0 unspecified atom stereocenters. The fourth-order valence-corrected chi connectivity index (χ4v) is 4.20. The number of hydrogen-bond acceptors (Lipinski definition) is 3. The molecule has 0 aliphatic rings. The molecule has 0 saturated heterocycles. The van der Waals surface area contributed by atoms with Crippen LogP contribution in [-0.4, -0.2) is 15.0 Å². The molecule has 6 nitrogen and oxygen atoms in total. The highest BCUT2D eigenvalue weighted by Gasteiger charge is 2.14. The van der Waals surface area contributed by atoms with Crippen LogP contribution in [0.4, 0.5) is 4.39 Å². The third-order valence-electron chi connectivity index (χ3n) is 5.89. The second-order valence-electron chi connectivity index (χ2n) is 8.26. The summed E-state index contributed by atoms with van der Waals surface area (Å²) in [7, 11) is 0. The van der Waals surface area contributed by atoms with Gasteiger partial charge >= 0.3 is 5.69 Å². The molecule has 0 radical (unpaired) electrons. The number of para-hydroxylation sites is 1. The fraction of sp³-hybridized carbons (Fsp3) is 0.222. The van der Waals surface area contributed by atoms with Crippen molar-refractivity contribution in [1.82, 2.24) is 14.5 Å². The quantitative estimate of drug-likeness (QED) is 0.349. The molecule has 0 aliphatic carbocycles. The monoisotopic (exact) mass is 493 g/mol. The Balaban J connectivity index is 1.46. The molecule has 8 heteroatoms. The minimum Gasteiger partial charge on any atom is -0.352 e. The number of nitrogens with zero attached hydrogens (tertiary/aromatic N) is 2. The predicted octanol–water partition coefficient (Wildman–Crippen LogP) is 4.49. The Labute approximate surface area is 206 Å². The van der Waals surface area contributed by atoms with E-state index >= 15 is 0 Å². The van der Waals surface area contributed by atoms with Crippen LogP contribution in [0.25, 0.3) is 10.9 Å². The van der Waals surface area contributed by atoms with Crippen LogP contribution in [0.5, 0.6) is 0 Å². The van der Waals surface area contributed by atoms with Crippen LogP contribution in [-0.2, 0) is 24.4 Å². The van der Waals surface area contributed by atoms with Gasteiger partial charge in [-0.25, -0.2) is 9.18 Å². The second-order valence-corrected chi connectivity index (χ2v) is 8.67. The lowest BCUT2D eigenvalue weighted by Crippen LogP contribution is -2.40. The third-order valence-corrected chi connectivity index (χ3v) is 6.26. The summed E-state index contributed by atoms with van der Waals surface area (Å²) in [5.41, 5.74) is 0.764. The number of aromatic nitrogens is 2. The molecule has 0 atom stereocenters. The number of nitrogens with one attached hydrogen (secondary N) is 1. The van der Waals surface area contributed by atoms with Crippen LogP contribution in [0.3, 0.4) is 0 Å². The highest BCUT2D eigenvalue weighted by atomic mass is 35.5. The molecule has 1 aromatic heterocycles. The van der Waals surface area contributed by atoms with Gasteiger partial charge < -0.3 is 5.32 Å². The van der Waals surface area contributed by atoms with Gasteiger partial charge in [-0.15, -0.1) is 0 Å². The second kappa shape index (κ2) is 11.1. The molecule has 180 valence electrons. The van der Waals surface area contributed by atoms with E-state index < -0.39 is 17.1 Å². The van der Waals surface area contributed by atoms with Gasteiger partial charge in [-0.1, -0.05) is 60.1 Å². The molecule has 0 spiro atoms. The Morgan fingerprint density at radius 1 is 0.857 bits per heavy atom. The van der Waals surface area contributed by atoms with Gasteiger partial charge in [-0.05, 0) is 42.7 Å². The number of benzene rings is 3. The number of carbonyl (C=O) groups is 1. The number of carbonyl (C=O) groups excluding carboxylic acids is 1. The minimum absolute atomic E-state index is 0.0107. The molecule has 4 rings (SSSR count). The van der Waals surface area contributed by atoms with Crippen molar-refractivity contribution in [2.45, 2.75) is 38.9 Å². The lowest BCUT2D eigenvalue weighted by atomic mass is 10.2. The summed E-state index contributed by atoms with van der Waals surface area (Å²) >= 11 is 6.11. The average molecular weight is 494 g/mol. The van der Waals surface area contributed by atoms with Crippen LogP contribution in [0, 0.1) is 5.82 Å². The standard InChI is InChI=1S/C27H25ClFN3O3/c28-22-12-4-1-9-19(22)17-30-25(33)15-7-8-16-31-26(34)21-11-3-6-14-24(21)32(27(31)35)18-20-10-2-5-13-23(20)29/h1-6,9-14H,7-8,15-18H2,(H,30,33). The minimum atomic E-state index is -0.500. The maximum Gasteiger partial charge on any atom is 0.331 e. The average Bonchev–Trinajstić information content (AvgIpc) is 2.86. The van der Waals surface area contributed by atoms with Gasteiger partial charge in [0.05, 0.1) is 17.4 Å². The topological polar surface area (TPSA) is 73.1 Å². The fourth-order valence-electron chi connectivity index (χ4n) is 4.00. The van der Waals surface area contributed by atoms with Crippen molar-refractivity contribution in [2.24, 2.45) is 0 Å². The first kappa shape index (κ1) is 24.4.